The summed E-state index contributed by atoms with van der Waals surface area (Å²) in [6, 6.07) is 11.1. The molecule has 8 rings (SSSR count). The first-order chi connectivity index (χ1) is 27.1. The van der Waals surface area contributed by atoms with Gasteiger partial charge in [0, 0.05) is 37.1 Å². The van der Waals surface area contributed by atoms with Crippen LogP contribution in [-0.4, -0.2) is 72.0 Å². The molecule has 4 fully saturated rings. The Kier molecular flexibility index (Phi) is 12.0. The number of allylic oxidation sites excluding steroid dienone is 4. The van der Waals surface area contributed by atoms with Gasteiger partial charge in [0.05, 0.1) is 58.2 Å². The number of esters is 2. The zero-order valence-electron chi connectivity index (χ0n) is 31.6. The molecule has 2 aromatic rings. The van der Waals surface area contributed by atoms with Crippen LogP contribution in [0.4, 0.5) is 11.4 Å². The van der Waals surface area contributed by atoms with Crippen LogP contribution in [-0.2, 0) is 28.4 Å². The van der Waals surface area contributed by atoms with Gasteiger partial charge in [0.25, 0.3) is 11.4 Å². The molecular weight excluding hydrogens is 724 g/mol. The molecule has 0 N–H and O–H groups in total. The summed E-state index contributed by atoms with van der Waals surface area (Å²) in [5, 5.41) is 21.7. The summed E-state index contributed by atoms with van der Waals surface area (Å²) in [4.78, 5) is 46.4. The maximum atomic E-state index is 12.8. The second kappa shape index (κ2) is 16.9. The van der Waals surface area contributed by atoms with Crippen molar-refractivity contribution in [2.75, 3.05) is 26.4 Å². The summed E-state index contributed by atoms with van der Waals surface area (Å²) in [5.74, 6) is -2.31. The molecule has 2 saturated heterocycles. The van der Waals surface area contributed by atoms with E-state index in [0.29, 0.717) is 50.4 Å². The number of benzene rings is 2. The molecule has 4 spiro atoms. The Morgan fingerprint density at radius 3 is 1.27 bits per heavy atom. The van der Waals surface area contributed by atoms with Gasteiger partial charge >= 0.3 is 11.9 Å². The average Bonchev–Trinajstić information content (AvgIpc) is 3.79. The van der Waals surface area contributed by atoms with Crippen molar-refractivity contribution >= 4 is 23.3 Å². The van der Waals surface area contributed by atoms with Crippen molar-refractivity contribution in [2.45, 2.75) is 114 Å². The van der Waals surface area contributed by atoms with E-state index < -0.39 is 44.2 Å². The Morgan fingerprint density at radius 2 is 0.911 bits per heavy atom. The highest BCUT2D eigenvalue weighted by Crippen LogP contribution is 2.57. The molecule has 4 aliphatic carbocycles. The number of nitrogens with zero attached hydrogens (tertiary/aromatic N) is 2. The zero-order chi connectivity index (χ0) is 39.2. The number of rotatable bonds is 6. The van der Waals surface area contributed by atoms with Crippen molar-refractivity contribution < 1.29 is 47.9 Å². The summed E-state index contributed by atoms with van der Waals surface area (Å²) in [6.45, 7) is 2.26. The minimum atomic E-state index is -0.694. The number of carbonyl (C=O) groups is 2. The molecule has 0 radical (unpaired) electrons. The highest BCUT2D eigenvalue weighted by Gasteiger charge is 2.62. The fourth-order valence-electron chi connectivity index (χ4n) is 9.89. The molecule has 56 heavy (non-hydrogen) atoms. The van der Waals surface area contributed by atoms with Gasteiger partial charge in [0.1, 0.15) is 12.2 Å². The fraction of sp³-hybridized carbons (Fsp3) is 0.571. The summed E-state index contributed by atoms with van der Waals surface area (Å²) < 4.78 is 36.7. The van der Waals surface area contributed by atoms with E-state index in [9.17, 15) is 29.8 Å². The van der Waals surface area contributed by atoms with Crippen molar-refractivity contribution in [1.82, 2.24) is 0 Å². The minimum Gasteiger partial charge on any atom is -0.458 e. The van der Waals surface area contributed by atoms with E-state index in [1.54, 1.807) is 0 Å². The van der Waals surface area contributed by atoms with Crippen molar-refractivity contribution in [3.63, 3.8) is 0 Å². The van der Waals surface area contributed by atoms with Crippen molar-refractivity contribution in [1.29, 1.82) is 0 Å². The quantitative estimate of drug-likeness (QED) is 0.119. The Labute approximate surface area is 325 Å². The van der Waals surface area contributed by atoms with Gasteiger partial charge in [0.2, 0.25) is 0 Å². The lowest BCUT2D eigenvalue weighted by molar-refractivity contribution is -0.385. The van der Waals surface area contributed by atoms with Crippen LogP contribution >= 0.6 is 0 Å². The molecule has 4 atom stereocenters. The SMILES string of the molecule is O=C(O[C@@H]1CCC=CC[C@@]12CCCCC21OCCO1)c1ccc([N+](=O)[O-])cc1.O=C(O[C@H]1CCC=CC[C@]12CCCCC21OCCO1)c1ccc([N+](=O)[O-])cc1. The van der Waals surface area contributed by atoms with E-state index in [1.165, 1.54) is 48.5 Å². The standard InChI is InChI=1S/2C21H25NO6/c2*23-19(16-7-9-17(10-8-16)22(24)25)28-18-6-2-1-3-11-20(18)12-4-5-13-21(20)26-14-15-27-21/h2*1,3,7-10,18H,2,4-6,11-15H2/t2*18-,20-/m10/s1. The molecule has 2 heterocycles. The smallest absolute Gasteiger partial charge is 0.338 e. The van der Waals surface area contributed by atoms with E-state index in [4.69, 9.17) is 28.4 Å². The number of fused-ring (bicyclic) bond motifs is 2. The highest BCUT2D eigenvalue weighted by molar-refractivity contribution is 5.90. The predicted octanol–water partition coefficient (Wildman–Crippen LogP) is 8.33. The molecule has 2 aliphatic heterocycles. The second-order valence-electron chi connectivity index (χ2n) is 15.5. The fourth-order valence-corrected chi connectivity index (χ4v) is 9.89. The molecule has 300 valence electrons. The van der Waals surface area contributed by atoms with E-state index >= 15 is 0 Å². The number of non-ortho nitro benzene ring substituents is 2. The molecule has 2 saturated carbocycles. The lowest BCUT2D eigenvalue weighted by atomic mass is 9.63. The van der Waals surface area contributed by atoms with Crippen LogP contribution in [0.3, 0.4) is 0 Å². The van der Waals surface area contributed by atoms with Crippen molar-refractivity contribution in [3.05, 3.63) is 104 Å². The molecule has 14 nitrogen and oxygen atoms in total. The molecule has 6 aliphatic rings. The van der Waals surface area contributed by atoms with Crippen LogP contribution in [0.1, 0.15) is 111 Å². The molecule has 0 amide bonds. The van der Waals surface area contributed by atoms with Gasteiger partial charge in [-0.25, -0.2) is 9.59 Å². The highest BCUT2D eigenvalue weighted by atomic mass is 16.7. The summed E-state index contributed by atoms with van der Waals surface area (Å²) in [6.07, 6.45) is 20.1. The Morgan fingerprint density at radius 1 is 0.554 bits per heavy atom. The van der Waals surface area contributed by atoms with Crippen LogP contribution in [0.25, 0.3) is 0 Å². The summed E-state index contributed by atoms with van der Waals surface area (Å²) >= 11 is 0. The number of carbonyl (C=O) groups excluding carboxylic acids is 2. The Balaban J connectivity index is 0.000000172. The first-order valence-corrected chi connectivity index (χ1v) is 19.9. The third-order valence-corrected chi connectivity index (χ3v) is 12.6. The molecule has 0 bridgehead atoms. The number of hydrogen-bond donors (Lipinski definition) is 0. The Hall–Kier alpha value is -4.50. The summed E-state index contributed by atoms with van der Waals surface area (Å²) in [7, 11) is 0. The van der Waals surface area contributed by atoms with Gasteiger partial charge in [-0.2, -0.15) is 0 Å². The monoisotopic (exact) mass is 774 g/mol. The van der Waals surface area contributed by atoms with Gasteiger partial charge in [-0.3, -0.25) is 20.2 Å². The van der Waals surface area contributed by atoms with E-state index in [2.05, 4.69) is 24.3 Å². The number of hydrogen-bond acceptors (Lipinski definition) is 12. The largest absolute Gasteiger partial charge is 0.458 e. The van der Waals surface area contributed by atoms with Gasteiger partial charge in [0.15, 0.2) is 11.6 Å². The van der Waals surface area contributed by atoms with Crippen molar-refractivity contribution in [2.24, 2.45) is 10.8 Å². The summed E-state index contributed by atoms with van der Waals surface area (Å²) in [5.41, 5.74) is -0.264. The molecule has 14 heteroatoms. The molecule has 0 aromatic heterocycles. The normalized spacial score (nSPS) is 28.9. The first kappa shape index (κ1) is 39.7. The van der Waals surface area contributed by atoms with E-state index in [1.807, 2.05) is 0 Å². The minimum absolute atomic E-state index is 0.0503. The Bertz CT molecular complexity index is 1670. The van der Waals surface area contributed by atoms with E-state index in [0.717, 1.165) is 77.0 Å². The molecular formula is C42H50N2O12. The van der Waals surface area contributed by atoms with Crippen LogP contribution in [0.5, 0.6) is 0 Å². The lowest BCUT2D eigenvalue weighted by Gasteiger charge is -2.52. The average molecular weight is 775 g/mol. The van der Waals surface area contributed by atoms with Gasteiger partial charge in [-0.1, -0.05) is 37.1 Å². The van der Waals surface area contributed by atoms with Gasteiger partial charge in [-0.05, 0) is 88.5 Å². The van der Waals surface area contributed by atoms with Crippen molar-refractivity contribution in [3.8, 4) is 0 Å². The number of ether oxygens (including phenoxy) is 6. The third-order valence-electron chi connectivity index (χ3n) is 12.6. The second-order valence-corrected chi connectivity index (χ2v) is 15.5. The molecule has 2 aromatic carbocycles. The maximum absolute atomic E-state index is 12.8. The molecule has 0 unspecified atom stereocenters. The van der Waals surface area contributed by atoms with Gasteiger partial charge in [-0.15, -0.1) is 0 Å². The third kappa shape index (κ3) is 7.63. The van der Waals surface area contributed by atoms with Crippen LogP contribution in [0.15, 0.2) is 72.8 Å². The predicted molar refractivity (Wildman–Crippen MR) is 202 cm³/mol. The van der Waals surface area contributed by atoms with Gasteiger partial charge < -0.3 is 28.4 Å². The van der Waals surface area contributed by atoms with Crippen LogP contribution in [0.2, 0.25) is 0 Å². The first-order valence-electron chi connectivity index (χ1n) is 19.9. The zero-order valence-corrected chi connectivity index (χ0v) is 31.6. The number of nitro groups is 2. The van der Waals surface area contributed by atoms with Crippen LogP contribution < -0.4 is 0 Å². The number of nitro benzene ring substituents is 2. The van der Waals surface area contributed by atoms with E-state index in [-0.39, 0.29) is 23.6 Å². The van der Waals surface area contributed by atoms with Crippen LogP contribution in [0, 0.1) is 31.1 Å². The maximum Gasteiger partial charge on any atom is 0.338 e. The topological polar surface area (TPSA) is 176 Å². The lowest BCUT2D eigenvalue weighted by Crippen LogP contribution is -2.58.